The largest absolute Gasteiger partial charge is 1.00 e. The summed E-state index contributed by atoms with van der Waals surface area (Å²) in [6, 6.07) is 12.7. The molecule has 0 radical (unpaired) electrons. The Balaban J connectivity index is 0.00000220. The van der Waals surface area contributed by atoms with Gasteiger partial charge in [-0.25, -0.2) is 0 Å². The average molecular weight is 290 g/mol. The van der Waals surface area contributed by atoms with Crippen molar-refractivity contribution in [2.75, 3.05) is 19.0 Å². The first kappa shape index (κ1) is 17.4. The molecule has 0 saturated carbocycles. The normalized spacial score (nSPS) is 10.7. The molecule has 0 spiro atoms. The number of nitrogens with zero attached hydrogens (tertiary/aromatic N) is 2. The van der Waals surface area contributed by atoms with Crippen molar-refractivity contribution in [2.24, 2.45) is 0 Å². The number of anilines is 1. The maximum absolute atomic E-state index is 11.3. The summed E-state index contributed by atoms with van der Waals surface area (Å²) in [7, 11) is 3.90. The third-order valence-electron chi connectivity index (χ3n) is 2.88. The van der Waals surface area contributed by atoms with Crippen LogP contribution in [0.3, 0.4) is 0 Å². The number of carboxylic acids is 1. The van der Waals surface area contributed by atoms with Crippen LogP contribution in [0, 0.1) is 0 Å². The minimum absolute atomic E-state index is 0. The molecule has 102 valence electrons. The van der Waals surface area contributed by atoms with Gasteiger partial charge in [0.2, 0.25) is 0 Å². The van der Waals surface area contributed by atoms with Crippen LogP contribution in [0.15, 0.2) is 48.7 Å². The van der Waals surface area contributed by atoms with Crippen molar-refractivity contribution in [1.29, 1.82) is 0 Å². The Bertz CT molecular complexity index is 622. The third-order valence-corrected chi connectivity index (χ3v) is 2.88. The van der Waals surface area contributed by atoms with Crippen LogP contribution in [0.2, 0.25) is 0 Å². The van der Waals surface area contributed by atoms with Crippen molar-refractivity contribution in [1.82, 2.24) is 4.98 Å². The minimum Gasteiger partial charge on any atom is -0.545 e. The Hall–Kier alpha value is -1.62. The first-order valence-electron chi connectivity index (χ1n) is 6.20. The number of rotatable bonds is 4. The molecule has 0 saturated heterocycles. The van der Waals surface area contributed by atoms with Crippen molar-refractivity contribution in [2.45, 2.75) is 0 Å². The van der Waals surface area contributed by atoms with Crippen molar-refractivity contribution in [3.63, 3.8) is 0 Å². The van der Waals surface area contributed by atoms with Gasteiger partial charge in [0.15, 0.2) is 0 Å². The van der Waals surface area contributed by atoms with E-state index in [9.17, 15) is 9.90 Å². The van der Waals surface area contributed by atoms with Crippen LogP contribution >= 0.6 is 0 Å². The summed E-state index contributed by atoms with van der Waals surface area (Å²) >= 11 is 0. The summed E-state index contributed by atoms with van der Waals surface area (Å²) in [6.45, 7) is 0. The van der Waals surface area contributed by atoms with Crippen LogP contribution in [0.4, 0.5) is 5.69 Å². The molecule has 2 rings (SSSR count). The fourth-order valence-electron chi connectivity index (χ4n) is 1.79. The van der Waals surface area contributed by atoms with Gasteiger partial charge in [-0.3, -0.25) is 4.98 Å². The van der Waals surface area contributed by atoms with Crippen LogP contribution in [-0.4, -0.2) is 25.0 Å². The van der Waals surface area contributed by atoms with E-state index in [-0.39, 0.29) is 35.1 Å². The molecule has 0 bridgehead atoms. The van der Waals surface area contributed by atoms with Gasteiger partial charge in [0.1, 0.15) is 0 Å². The molecule has 1 aromatic carbocycles. The van der Waals surface area contributed by atoms with E-state index in [0.29, 0.717) is 5.69 Å². The van der Waals surface area contributed by atoms with E-state index >= 15 is 0 Å². The second-order valence-corrected chi connectivity index (χ2v) is 4.55. The maximum atomic E-state index is 11.3. The van der Waals surface area contributed by atoms with Crippen molar-refractivity contribution in [3.05, 3.63) is 59.9 Å². The molecule has 5 heteroatoms. The number of carboxylic acid groups (broad SMARTS) is 1. The molecule has 0 aliphatic heterocycles. The number of aromatic nitrogens is 1. The van der Waals surface area contributed by atoms with Crippen LogP contribution in [0.1, 0.15) is 11.3 Å². The molecule has 0 amide bonds. The van der Waals surface area contributed by atoms with Gasteiger partial charge in [0.05, 0.1) is 11.7 Å². The predicted octanol–water partition coefficient (Wildman–Crippen LogP) is -1.56. The molecular weight excluding hydrogens is 275 g/mol. The van der Waals surface area contributed by atoms with E-state index in [1.165, 1.54) is 0 Å². The Kier molecular flexibility index (Phi) is 6.62. The molecule has 21 heavy (non-hydrogen) atoms. The molecule has 0 aliphatic rings. The SMILES string of the molecule is CN(C)c1ccc(C=C(C(=O)[O-])c2ccccn2)cc1.[Na+]. The van der Waals surface area contributed by atoms with Gasteiger partial charge in [-0.2, -0.15) is 0 Å². The van der Waals surface area contributed by atoms with E-state index in [1.54, 1.807) is 30.5 Å². The summed E-state index contributed by atoms with van der Waals surface area (Å²) in [5.74, 6) is -1.24. The smallest absolute Gasteiger partial charge is 0.545 e. The van der Waals surface area contributed by atoms with E-state index in [0.717, 1.165) is 11.3 Å². The maximum Gasteiger partial charge on any atom is 1.00 e. The van der Waals surface area contributed by atoms with Crippen molar-refractivity contribution >= 4 is 23.3 Å². The zero-order valence-electron chi connectivity index (χ0n) is 12.4. The number of carbonyl (C=O) groups is 1. The summed E-state index contributed by atoms with van der Waals surface area (Å²) in [5, 5.41) is 11.3. The molecule has 0 N–H and O–H groups in total. The zero-order valence-corrected chi connectivity index (χ0v) is 14.4. The molecule has 0 fully saturated rings. The second kappa shape index (κ2) is 7.98. The standard InChI is InChI=1S/C16H16N2O2.Na/c1-18(2)13-8-6-12(7-9-13)11-14(16(19)20)15-5-3-4-10-17-15;/h3-11H,1-2H3,(H,19,20);/q;+1/p-1. The Morgan fingerprint density at radius 1 is 1.14 bits per heavy atom. The van der Waals surface area contributed by atoms with E-state index in [4.69, 9.17) is 0 Å². The van der Waals surface area contributed by atoms with Gasteiger partial charge in [-0.15, -0.1) is 0 Å². The molecule has 0 unspecified atom stereocenters. The van der Waals surface area contributed by atoms with Crippen LogP contribution in [0.5, 0.6) is 0 Å². The fourth-order valence-corrected chi connectivity index (χ4v) is 1.79. The summed E-state index contributed by atoms with van der Waals surface area (Å²) in [6.07, 6.45) is 3.12. The molecule has 0 atom stereocenters. The molecule has 2 aromatic rings. The number of benzene rings is 1. The van der Waals surface area contributed by atoms with Gasteiger partial charge in [0.25, 0.3) is 0 Å². The second-order valence-electron chi connectivity index (χ2n) is 4.55. The van der Waals surface area contributed by atoms with Gasteiger partial charge >= 0.3 is 29.6 Å². The first-order valence-corrected chi connectivity index (χ1v) is 6.20. The molecular formula is C16H15N2NaO2. The Labute approximate surface area is 146 Å². The average Bonchev–Trinajstić information content (AvgIpc) is 2.46. The Morgan fingerprint density at radius 3 is 2.29 bits per heavy atom. The number of aliphatic carboxylic acids is 1. The fraction of sp³-hybridized carbons (Fsp3) is 0.125. The van der Waals surface area contributed by atoms with E-state index < -0.39 is 5.97 Å². The minimum atomic E-state index is -1.24. The Morgan fingerprint density at radius 2 is 1.81 bits per heavy atom. The van der Waals surface area contributed by atoms with Gasteiger partial charge < -0.3 is 14.8 Å². The van der Waals surface area contributed by atoms with Crippen LogP contribution < -0.4 is 39.6 Å². The number of pyridine rings is 1. The van der Waals surface area contributed by atoms with E-state index in [1.807, 2.05) is 43.3 Å². The van der Waals surface area contributed by atoms with E-state index in [2.05, 4.69) is 4.98 Å². The number of hydrogen-bond acceptors (Lipinski definition) is 4. The molecule has 1 aromatic heterocycles. The third kappa shape index (κ3) is 4.70. The zero-order chi connectivity index (χ0) is 14.5. The van der Waals surface area contributed by atoms with Gasteiger partial charge in [0, 0.05) is 31.6 Å². The molecule has 1 heterocycles. The van der Waals surface area contributed by atoms with Crippen LogP contribution in [-0.2, 0) is 4.79 Å². The predicted molar refractivity (Wildman–Crippen MR) is 77.9 cm³/mol. The van der Waals surface area contributed by atoms with Crippen molar-refractivity contribution in [3.8, 4) is 0 Å². The molecule has 0 aliphatic carbocycles. The molecule has 4 nitrogen and oxygen atoms in total. The van der Waals surface area contributed by atoms with Crippen LogP contribution in [0.25, 0.3) is 11.6 Å². The summed E-state index contributed by atoms with van der Waals surface area (Å²) in [4.78, 5) is 17.3. The quantitative estimate of drug-likeness (QED) is 0.505. The van der Waals surface area contributed by atoms with Gasteiger partial charge in [-0.05, 0) is 35.9 Å². The summed E-state index contributed by atoms with van der Waals surface area (Å²) in [5.41, 5.74) is 2.31. The first-order chi connectivity index (χ1) is 9.58. The summed E-state index contributed by atoms with van der Waals surface area (Å²) < 4.78 is 0. The monoisotopic (exact) mass is 290 g/mol. The number of hydrogen-bond donors (Lipinski definition) is 0. The number of carbonyl (C=O) groups excluding carboxylic acids is 1. The van der Waals surface area contributed by atoms with Gasteiger partial charge in [-0.1, -0.05) is 18.2 Å². The topological polar surface area (TPSA) is 56.3 Å². The van der Waals surface area contributed by atoms with Crippen molar-refractivity contribution < 1.29 is 39.5 Å².